The Morgan fingerprint density at radius 2 is 2.15 bits per heavy atom. The number of nitrogens with zero attached hydrogens (tertiary/aromatic N) is 1. The molecular formula is C13H11FN2O3S. The zero-order chi connectivity index (χ0) is 14.7. The number of methoxy groups -OCH3 is 1. The van der Waals surface area contributed by atoms with Crippen LogP contribution in [0.5, 0.6) is 0 Å². The first-order chi connectivity index (χ1) is 9.52. The molecule has 0 aliphatic rings. The van der Waals surface area contributed by atoms with E-state index in [1.165, 1.54) is 24.8 Å². The molecule has 0 aliphatic carbocycles. The van der Waals surface area contributed by atoms with Crippen molar-refractivity contribution in [2.24, 2.45) is 0 Å². The number of nitrogens with one attached hydrogen (secondary N) is 1. The molecule has 5 nitrogen and oxygen atoms in total. The quantitative estimate of drug-likeness (QED) is 0.884. The fourth-order valence-corrected chi connectivity index (χ4v) is 2.26. The van der Waals surface area contributed by atoms with Gasteiger partial charge in [-0.2, -0.15) is 0 Å². The molecule has 0 saturated carbocycles. The van der Waals surface area contributed by atoms with Crippen molar-refractivity contribution in [1.82, 2.24) is 4.98 Å². The number of hydrogen-bond donors (Lipinski definition) is 1. The zero-order valence-corrected chi connectivity index (χ0v) is 11.6. The number of carbonyl (C=O) groups excluding carboxylic acids is 2. The predicted molar refractivity (Wildman–Crippen MR) is 72.5 cm³/mol. The highest BCUT2D eigenvalue weighted by Gasteiger charge is 2.15. The van der Waals surface area contributed by atoms with E-state index >= 15 is 0 Å². The number of anilines is 1. The van der Waals surface area contributed by atoms with Crippen molar-refractivity contribution in [2.75, 3.05) is 12.4 Å². The molecule has 0 saturated heterocycles. The molecule has 20 heavy (non-hydrogen) atoms. The summed E-state index contributed by atoms with van der Waals surface area (Å²) in [7, 11) is 1.23. The second-order valence-corrected chi connectivity index (χ2v) is 4.76. The summed E-state index contributed by atoms with van der Waals surface area (Å²) in [6.45, 7) is 1.69. The van der Waals surface area contributed by atoms with Gasteiger partial charge in [-0.05, 0) is 25.1 Å². The maximum atomic E-state index is 13.7. The van der Waals surface area contributed by atoms with E-state index in [1.807, 2.05) is 0 Å². The number of thiazole rings is 1. The summed E-state index contributed by atoms with van der Waals surface area (Å²) < 4.78 is 18.2. The Labute approximate surface area is 118 Å². The standard InChI is InChI=1S/C13H11FN2O3S/c1-7-11(20-6-15-7)12(17)16-10-5-8(13(18)19-2)3-4-9(10)14/h3-6H,1-2H3,(H,16,17). The third-order valence-corrected chi connectivity index (χ3v) is 3.51. The lowest BCUT2D eigenvalue weighted by Crippen LogP contribution is -2.13. The molecular weight excluding hydrogens is 283 g/mol. The molecule has 1 aromatic heterocycles. The van der Waals surface area contributed by atoms with Crippen LogP contribution >= 0.6 is 11.3 Å². The molecule has 0 bridgehead atoms. The van der Waals surface area contributed by atoms with Crippen LogP contribution in [0.1, 0.15) is 25.7 Å². The van der Waals surface area contributed by atoms with E-state index in [4.69, 9.17) is 0 Å². The van der Waals surface area contributed by atoms with Gasteiger partial charge in [-0.1, -0.05) is 0 Å². The van der Waals surface area contributed by atoms with Crippen LogP contribution in [0.25, 0.3) is 0 Å². The molecule has 1 N–H and O–H groups in total. The normalized spacial score (nSPS) is 10.2. The Balaban J connectivity index is 2.27. The van der Waals surface area contributed by atoms with Crippen LogP contribution in [-0.2, 0) is 4.74 Å². The summed E-state index contributed by atoms with van der Waals surface area (Å²) in [6, 6.07) is 3.62. The Morgan fingerprint density at radius 1 is 1.40 bits per heavy atom. The molecule has 7 heteroatoms. The monoisotopic (exact) mass is 294 g/mol. The van der Waals surface area contributed by atoms with Crippen molar-refractivity contribution >= 4 is 28.9 Å². The van der Waals surface area contributed by atoms with Crippen LogP contribution in [-0.4, -0.2) is 24.0 Å². The minimum absolute atomic E-state index is 0.0781. The lowest BCUT2D eigenvalue weighted by Gasteiger charge is -2.07. The van der Waals surface area contributed by atoms with Crippen LogP contribution in [0.4, 0.5) is 10.1 Å². The Bertz CT molecular complexity index is 669. The highest BCUT2D eigenvalue weighted by Crippen LogP contribution is 2.20. The van der Waals surface area contributed by atoms with Gasteiger partial charge in [-0.3, -0.25) is 4.79 Å². The number of amides is 1. The van der Waals surface area contributed by atoms with Gasteiger partial charge in [-0.15, -0.1) is 11.3 Å². The number of halogens is 1. The second kappa shape index (κ2) is 5.79. The first-order valence-electron chi connectivity index (χ1n) is 5.62. The van der Waals surface area contributed by atoms with Crippen LogP contribution < -0.4 is 5.32 Å². The Morgan fingerprint density at radius 3 is 2.75 bits per heavy atom. The molecule has 2 rings (SSSR count). The summed E-state index contributed by atoms with van der Waals surface area (Å²) in [5.74, 6) is -1.70. The minimum atomic E-state index is -0.631. The largest absolute Gasteiger partial charge is 0.465 e. The highest BCUT2D eigenvalue weighted by atomic mass is 32.1. The number of ether oxygens (including phenoxy) is 1. The molecule has 0 unspecified atom stereocenters. The van der Waals surface area contributed by atoms with Crippen LogP contribution in [0.2, 0.25) is 0 Å². The lowest BCUT2D eigenvalue weighted by molar-refractivity contribution is 0.0600. The molecule has 0 fully saturated rings. The van der Waals surface area contributed by atoms with Gasteiger partial charge in [0.15, 0.2) is 0 Å². The fraction of sp³-hybridized carbons (Fsp3) is 0.154. The predicted octanol–water partition coefficient (Wildman–Crippen LogP) is 2.63. The number of hydrogen-bond acceptors (Lipinski definition) is 5. The molecule has 0 atom stereocenters. The van der Waals surface area contributed by atoms with Gasteiger partial charge in [0.25, 0.3) is 5.91 Å². The third-order valence-electron chi connectivity index (χ3n) is 2.59. The van der Waals surface area contributed by atoms with Gasteiger partial charge in [0.1, 0.15) is 10.7 Å². The summed E-state index contributed by atoms with van der Waals surface area (Å²) >= 11 is 1.16. The molecule has 104 valence electrons. The average Bonchev–Trinajstić information content (AvgIpc) is 2.86. The van der Waals surface area contributed by atoms with Crippen LogP contribution in [0, 0.1) is 12.7 Å². The average molecular weight is 294 g/mol. The van der Waals surface area contributed by atoms with Gasteiger partial charge in [0, 0.05) is 0 Å². The van der Waals surface area contributed by atoms with Gasteiger partial charge in [0.05, 0.1) is 29.6 Å². The van der Waals surface area contributed by atoms with E-state index in [0.29, 0.717) is 10.6 Å². The van der Waals surface area contributed by atoms with E-state index < -0.39 is 17.7 Å². The van der Waals surface area contributed by atoms with Crippen LogP contribution in [0.15, 0.2) is 23.7 Å². The topological polar surface area (TPSA) is 68.3 Å². The van der Waals surface area contributed by atoms with E-state index in [1.54, 1.807) is 6.92 Å². The maximum Gasteiger partial charge on any atom is 0.337 e. The smallest absolute Gasteiger partial charge is 0.337 e. The molecule has 0 spiro atoms. The molecule has 2 aromatic rings. The van der Waals surface area contributed by atoms with Crippen molar-refractivity contribution in [3.05, 3.63) is 45.7 Å². The van der Waals surface area contributed by atoms with Crippen molar-refractivity contribution in [2.45, 2.75) is 6.92 Å². The molecule has 1 aromatic carbocycles. The number of benzene rings is 1. The number of esters is 1. The summed E-state index contributed by atoms with van der Waals surface area (Å²) in [6.07, 6.45) is 0. The first kappa shape index (κ1) is 14.1. The Kier molecular flexibility index (Phi) is 4.09. The lowest BCUT2D eigenvalue weighted by atomic mass is 10.2. The summed E-state index contributed by atoms with van der Waals surface area (Å²) in [5.41, 5.74) is 2.18. The van der Waals surface area contributed by atoms with Crippen LogP contribution in [0.3, 0.4) is 0 Å². The first-order valence-corrected chi connectivity index (χ1v) is 6.50. The van der Waals surface area contributed by atoms with Gasteiger partial charge >= 0.3 is 5.97 Å². The Hall–Kier alpha value is -2.28. The fourth-order valence-electron chi connectivity index (χ4n) is 1.56. The number of aromatic nitrogens is 1. The maximum absolute atomic E-state index is 13.7. The van der Waals surface area contributed by atoms with Crippen molar-refractivity contribution in [3.63, 3.8) is 0 Å². The minimum Gasteiger partial charge on any atom is -0.465 e. The van der Waals surface area contributed by atoms with E-state index in [-0.39, 0.29) is 11.3 Å². The van der Waals surface area contributed by atoms with E-state index in [2.05, 4.69) is 15.0 Å². The van der Waals surface area contributed by atoms with Gasteiger partial charge < -0.3 is 10.1 Å². The third kappa shape index (κ3) is 2.83. The van der Waals surface area contributed by atoms with Crippen molar-refractivity contribution in [1.29, 1.82) is 0 Å². The highest BCUT2D eigenvalue weighted by molar-refractivity contribution is 7.12. The molecule has 0 radical (unpaired) electrons. The number of carbonyl (C=O) groups is 2. The number of aryl methyl sites for hydroxylation is 1. The molecule has 0 aliphatic heterocycles. The van der Waals surface area contributed by atoms with Gasteiger partial charge in [0.2, 0.25) is 0 Å². The van der Waals surface area contributed by atoms with Crippen molar-refractivity contribution in [3.8, 4) is 0 Å². The van der Waals surface area contributed by atoms with Crippen molar-refractivity contribution < 1.29 is 18.7 Å². The zero-order valence-electron chi connectivity index (χ0n) is 10.8. The number of rotatable bonds is 3. The summed E-state index contributed by atoms with van der Waals surface area (Å²) in [5, 5.41) is 2.42. The molecule has 1 heterocycles. The second-order valence-electron chi connectivity index (χ2n) is 3.91. The van der Waals surface area contributed by atoms with Gasteiger partial charge in [-0.25, -0.2) is 14.2 Å². The SMILES string of the molecule is COC(=O)c1ccc(F)c(NC(=O)c2scnc2C)c1. The van der Waals surface area contributed by atoms with E-state index in [9.17, 15) is 14.0 Å². The summed E-state index contributed by atoms with van der Waals surface area (Å²) in [4.78, 5) is 27.7. The molecule has 1 amide bonds. The van der Waals surface area contributed by atoms with E-state index in [0.717, 1.165) is 17.4 Å².